The number of hydrogen-bond acceptors (Lipinski definition) is 5. The molecule has 30 heavy (non-hydrogen) atoms. The van der Waals surface area contributed by atoms with Crippen LogP contribution in [0.5, 0.6) is 0 Å². The minimum Gasteiger partial charge on any atom is -0.408 e. The van der Waals surface area contributed by atoms with Gasteiger partial charge in [-0.15, -0.1) is 0 Å². The number of piperazine rings is 1. The van der Waals surface area contributed by atoms with Crippen LogP contribution in [-0.4, -0.2) is 48.0 Å². The lowest BCUT2D eigenvalue weighted by Gasteiger charge is -2.36. The number of aryl methyl sites for hydroxylation is 1. The normalized spacial score (nSPS) is 15.1. The van der Waals surface area contributed by atoms with Gasteiger partial charge in [-0.05, 0) is 62.7 Å². The van der Waals surface area contributed by atoms with Crippen LogP contribution in [-0.2, 0) is 6.54 Å². The fourth-order valence-corrected chi connectivity index (χ4v) is 4.00. The van der Waals surface area contributed by atoms with Gasteiger partial charge in [0.2, 0.25) is 0 Å². The highest BCUT2D eigenvalue weighted by Crippen LogP contribution is 2.18. The second kappa shape index (κ2) is 8.83. The number of unbranched alkanes of at least 4 members (excludes halogenated alkanes) is 1. The third kappa shape index (κ3) is 4.46. The first-order valence-corrected chi connectivity index (χ1v) is 10.4. The van der Waals surface area contributed by atoms with Crippen molar-refractivity contribution < 1.29 is 13.6 Å². The molecule has 2 heterocycles. The molecule has 1 aliphatic rings. The monoisotopic (exact) mass is 411 g/mol. The third-order valence-corrected chi connectivity index (χ3v) is 5.73. The first-order valence-electron chi connectivity index (χ1n) is 10.4. The summed E-state index contributed by atoms with van der Waals surface area (Å²) in [5.74, 6) is -0.631. The number of halogens is 1. The SMILES string of the molecule is CC(=O)c1ccc2c(c1)oc(=O)n2CCCCN1CCN(c2cccc(F)c2)CC1. The van der Waals surface area contributed by atoms with Crippen molar-refractivity contribution in [2.75, 3.05) is 37.6 Å². The standard InChI is InChI=1S/C23H26FN3O3/c1-17(28)18-7-8-21-22(15-18)30-23(29)27(21)10-3-2-9-25-11-13-26(14-12-25)20-6-4-5-19(24)16-20/h4-8,15-16H,2-3,9-14H2,1H3. The lowest BCUT2D eigenvalue weighted by Crippen LogP contribution is -2.46. The van der Waals surface area contributed by atoms with Crippen LogP contribution >= 0.6 is 0 Å². The second-order valence-corrected chi connectivity index (χ2v) is 7.77. The van der Waals surface area contributed by atoms with E-state index in [0.29, 0.717) is 17.7 Å². The highest BCUT2D eigenvalue weighted by atomic mass is 19.1. The van der Waals surface area contributed by atoms with Crippen LogP contribution in [0.3, 0.4) is 0 Å². The predicted octanol–water partition coefficient (Wildman–Crippen LogP) is 3.54. The summed E-state index contributed by atoms with van der Waals surface area (Å²) in [7, 11) is 0. The van der Waals surface area contributed by atoms with Crippen LogP contribution in [0.15, 0.2) is 51.7 Å². The largest absolute Gasteiger partial charge is 0.419 e. The molecule has 1 fully saturated rings. The molecule has 3 aromatic rings. The molecule has 158 valence electrons. The van der Waals surface area contributed by atoms with Gasteiger partial charge in [0.15, 0.2) is 11.4 Å². The van der Waals surface area contributed by atoms with Gasteiger partial charge in [-0.3, -0.25) is 14.3 Å². The number of carbonyl (C=O) groups is 1. The van der Waals surface area contributed by atoms with Crippen molar-refractivity contribution in [3.63, 3.8) is 0 Å². The number of oxazole rings is 1. The summed E-state index contributed by atoms with van der Waals surface area (Å²) < 4.78 is 20.4. The van der Waals surface area contributed by atoms with E-state index in [2.05, 4.69) is 9.80 Å². The molecule has 0 unspecified atom stereocenters. The molecule has 1 saturated heterocycles. The Labute approximate surface area is 174 Å². The van der Waals surface area contributed by atoms with Crippen molar-refractivity contribution in [3.8, 4) is 0 Å². The van der Waals surface area contributed by atoms with Gasteiger partial charge in [-0.25, -0.2) is 9.18 Å². The highest BCUT2D eigenvalue weighted by Gasteiger charge is 2.17. The Hall–Kier alpha value is -2.93. The molecule has 2 aromatic carbocycles. The summed E-state index contributed by atoms with van der Waals surface area (Å²) in [5, 5.41) is 0. The van der Waals surface area contributed by atoms with Crippen molar-refractivity contribution in [2.45, 2.75) is 26.3 Å². The number of fused-ring (bicyclic) bond motifs is 1. The zero-order valence-electron chi connectivity index (χ0n) is 17.1. The molecule has 1 aliphatic heterocycles. The number of rotatable bonds is 7. The van der Waals surface area contributed by atoms with Crippen LogP contribution in [0.1, 0.15) is 30.1 Å². The first kappa shape index (κ1) is 20.3. The van der Waals surface area contributed by atoms with Gasteiger partial charge in [0.05, 0.1) is 5.52 Å². The molecule has 0 aliphatic carbocycles. The molecule has 0 bridgehead atoms. The molecule has 1 aromatic heterocycles. The van der Waals surface area contributed by atoms with Crippen LogP contribution < -0.4 is 10.7 Å². The predicted molar refractivity (Wildman–Crippen MR) is 115 cm³/mol. The molecular formula is C23H26FN3O3. The van der Waals surface area contributed by atoms with E-state index in [1.54, 1.807) is 34.9 Å². The summed E-state index contributed by atoms with van der Waals surface area (Å²) in [6.07, 6.45) is 1.84. The molecule has 7 heteroatoms. The van der Waals surface area contributed by atoms with Gasteiger partial charge >= 0.3 is 5.76 Å². The molecule has 0 radical (unpaired) electrons. The van der Waals surface area contributed by atoms with E-state index >= 15 is 0 Å². The first-order chi connectivity index (χ1) is 14.5. The fraction of sp³-hybridized carbons (Fsp3) is 0.391. The maximum atomic E-state index is 13.4. The summed E-state index contributed by atoms with van der Waals surface area (Å²) in [6, 6.07) is 11.9. The fourth-order valence-electron chi connectivity index (χ4n) is 4.00. The van der Waals surface area contributed by atoms with Crippen molar-refractivity contribution >= 4 is 22.6 Å². The number of benzene rings is 2. The summed E-state index contributed by atoms with van der Waals surface area (Å²) >= 11 is 0. The topological polar surface area (TPSA) is 58.7 Å². The zero-order chi connectivity index (χ0) is 21.1. The maximum absolute atomic E-state index is 13.4. The van der Waals surface area contributed by atoms with Gasteiger partial charge < -0.3 is 9.32 Å². The Balaban J connectivity index is 1.26. The Bertz CT molecular complexity index is 1100. The average Bonchev–Trinajstić information content (AvgIpc) is 3.06. The Morgan fingerprint density at radius 2 is 1.80 bits per heavy atom. The van der Waals surface area contributed by atoms with E-state index in [-0.39, 0.29) is 17.4 Å². The van der Waals surface area contributed by atoms with E-state index in [1.807, 2.05) is 6.07 Å². The van der Waals surface area contributed by atoms with Crippen LogP contribution in [0.2, 0.25) is 0 Å². The Kier molecular flexibility index (Phi) is 5.99. The molecule has 0 spiro atoms. The maximum Gasteiger partial charge on any atom is 0.419 e. The summed E-state index contributed by atoms with van der Waals surface area (Å²) in [6.45, 7) is 6.71. The zero-order valence-corrected chi connectivity index (χ0v) is 17.1. The van der Waals surface area contributed by atoms with E-state index in [1.165, 1.54) is 13.0 Å². The summed E-state index contributed by atoms with van der Waals surface area (Å²) in [5.41, 5.74) is 2.67. The number of carbonyl (C=O) groups excluding carboxylic acids is 1. The number of anilines is 1. The lowest BCUT2D eigenvalue weighted by atomic mass is 10.1. The smallest absolute Gasteiger partial charge is 0.408 e. The molecule has 4 rings (SSSR count). The molecule has 0 saturated carbocycles. The van der Waals surface area contributed by atoms with Crippen molar-refractivity contribution in [1.82, 2.24) is 9.47 Å². The van der Waals surface area contributed by atoms with Gasteiger partial charge in [0, 0.05) is 44.0 Å². The number of Topliss-reactive ketones (excluding diaryl/α,β-unsaturated/α-hetero) is 1. The Morgan fingerprint density at radius 1 is 1.03 bits per heavy atom. The van der Waals surface area contributed by atoms with Gasteiger partial charge in [0.25, 0.3) is 0 Å². The number of aromatic nitrogens is 1. The minimum atomic E-state index is -0.380. The van der Waals surface area contributed by atoms with Gasteiger partial charge in [-0.2, -0.15) is 0 Å². The van der Waals surface area contributed by atoms with E-state index in [9.17, 15) is 14.0 Å². The Morgan fingerprint density at radius 3 is 2.53 bits per heavy atom. The molecule has 0 N–H and O–H groups in total. The van der Waals surface area contributed by atoms with E-state index in [4.69, 9.17) is 4.42 Å². The van der Waals surface area contributed by atoms with Crippen LogP contribution in [0.4, 0.5) is 10.1 Å². The summed E-state index contributed by atoms with van der Waals surface area (Å²) in [4.78, 5) is 28.3. The third-order valence-electron chi connectivity index (χ3n) is 5.73. The number of nitrogens with zero attached hydrogens (tertiary/aromatic N) is 3. The van der Waals surface area contributed by atoms with E-state index in [0.717, 1.165) is 56.8 Å². The second-order valence-electron chi connectivity index (χ2n) is 7.77. The van der Waals surface area contributed by atoms with Gasteiger partial charge in [-0.1, -0.05) is 6.07 Å². The quantitative estimate of drug-likeness (QED) is 0.440. The number of hydrogen-bond donors (Lipinski definition) is 0. The minimum absolute atomic E-state index is 0.0511. The van der Waals surface area contributed by atoms with Gasteiger partial charge in [0.1, 0.15) is 5.82 Å². The molecule has 0 amide bonds. The van der Waals surface area contributed by atoms with Crippen molar-refractivity contribution in [2.24, 2.45) is 0 Å². The molecular weight excluding hydrogens is 385 g/mol. The molecule has 0 atom stereocenters. The average molecular weight is 411 g/mol. The van der Waals surface area contributed by atoms with Crippen LogP contribution in [0, 0.1) is 5.82 Å². The van der Waals surface area contributed by atoms with Crippen molar-refractivity contribution in [3.05, 3.63) is 64.4 Å². The lowest BCUT2D eigenvalue weighted by molar-refractivity contribution is 0.101. The number of ketones is 1. The van der Waals surface area contributed by atoms with Crippen molar-refractivity contribution in [1.29, 1.82) is 0 Å². The van der Waals surface area contributed by atoms with Crippen LogP contribution in [0.25, 0.3) is 11.1 Å². The molecule has 6 nitrogen and oxygen atoms in total. The van der Waals surface area contributed by atoms with E-state index < -0.39 is 0 Å². The highest BCUT2D eigenvalue weighted by molar-refractivity contribution is 5.96.